The smallest absolute Gasteiger partial charge is 0.271 e. The highest BCUT2D eigenvalue weighted by Crippen LogP contribution is 2.35. The first kappa shape index (κ1) is 20.7. The summed E-state index contributed by atoms with van der Waals surface area (Å²) in [7, 11) is 0. The molecule has 3 aromatic heterocycles. The molecule has 1 aliphatic heterocycles. The Morgan fingerprint density at radius 3 is 2.59 bits per heavy atom. The molecular formula is C25H29N3O4. The van der Waals surface area contributed by atoms with Gasteiger partial charge in [0.05, 0.1) is 25.0 Å². The molecule has 0 bridgehead atoms. The third-order valence-corrected chi connectivity index (χ3v) is 6.82. The Morgan fingerprint density at radius 2 is 1.91 bits per heavy atom. The van der Waals surface area contributed by atoms with Crippen molar-refractivity contribution < 1.29 is 18.4 Å². The van der Waals surface area contributed by atoms with Gasteiger partial charge in [-0.25, -0.2) is 0 Å². The lowest BCUT2D eigenvalue weighted by Crippen LogP contribution is -2.64. The molecule has 0 aromatic carbocycles. The van der Waals surface area contributed by atoms with Gasteiger partial charge in [-0.1, -0.05) is 19.3 Å². The highest BCUT2D eigenvalue weighted by atomic mass is 16.3. The molecule has 2 amide bonds. The van der Waals surface area contributed by atoms with Crippen LogP contribution in [-0.4, -0.2) is 32.9 Å². The number of carbonyl (C=O) groups is 2. The lowest BCUT2D eigenvalue weighted by atomic mass is 9.91. The second kappa shape index (κ2) is 8.04. The molecule has 0 radical (unpaired) electrons. The first-order valence-electron chi connectivity index (χ1n) is 11.4. The van der Waals surface area contributed by atoms with E-state index in [2.05, 4.69) is 5.32 Å². The minimum atomic E-state index is -1.07. The second-order valence-electron chi connectivity index (χ2n) is 9.15. The van der Waals surface area contributed by atoms with Gasteiger partial charge in [-0.2, -0.15) is 0 Å². The maximum Gasteiger partial charge on any atom is 0.271 e. The van der Waals surface area contributed by atoms with Crippen molar-refractivity contribution in [2.45, 2.75) is 70.6 Å². The summed E-state index contributed by atoms with van der Waals surface area (Å²) < 4.78 is 13.3. The van der Waals surface area contributed by atoms with Crippen LogP contribution in [0.15, 0.2) is 51.5 Å². The van der Waals surface area contributed by atoms with E-state index in [1.54, 1.807) is 17.2 Å². The van der Waals surface area contributed by atoms with Gasteiger partial charge in [-0.3, -0.25) is 9.59 Å². The van der Waals surface area contributed by atoms with E-state index in [0.29, 0.717) is 23.8 Å². The number of fused-ring (bicyclic) bond motifs is 1. The number of furan rings is 2. The maximum absolute atomic E-state index is 13.7. The fourth-order valence-corrected chi connectivity index (χ4v) is 4.97. The molecule has 168 valence electrons. The molecule has 1 atom stereocenters. The minimum absolute atomic E-state index is 0.120. The summed E-state index contributed by atoms with van der Waals surface area (Å²) >= 11 is 0. The average Bonchev–Trinajstić information content (AvgIpc) is 3.53. The van der Waals surface area contributed by atoms with Crippen LogP contribution >= 0.6 is 0 Å². The second-order valence-corrected chi connectivity index (χ2v) is 9.15. The van der Waals surface area contributed by atoms with Crippen LogP contribution in [0.3, 0.4) is 0 Å². The molecule has 4 heterocycles. The van der Waals surface area contributed by atoms with Crippen LogP contribution in [0.5, 0.6) is 0 Å². The van der Waals surface area contributed by atoms with Crippen LogP contribution in [-0.2, 0) is 17.9 Å². The Morgan fingerprint density at radius 1 is 1.12 bits per heavy atom. The summed E-state index contributed by atoms with van der Waals surface area (Å²) in [4.78, 5) is 29.0. The van der Waals surface area contributed by atoms with E-state index < -0.39 is 5.54 Å². The third-order valence-electron chi connectivity index (χ3n) is 6.82. The summed E-state index contributed by atoms with van der Waals surface area (Å²) in [6.07, 6.45) is 7.05. The molecule has 2 aliphatic rings. The number of amides is 2. The summed E-state index contributed by atoms with van der Waals surface area (Å²) in [6.45, 7) is 4.31. The van der Waals surface area contributed by atoms with Crippen molar-refractivity contribution in [1.82, 2.24) is 14.8 Å². The van der Waals surface area contributed by atoms with Crippen LogP contribution < -0.4 is 5.32 Å². The first-order chi connectivity index (χ1) is 15.5. The molecule has 3 aromatic rings. The minimum Gasteiger partial charge on any atom is -0.464 e. The van der Waals surface area contributed by atoms with Crippen LogP contribution in [0.1, 0.15) is 61.0 Å². The summed E-state index contributed by atoms with van der Waals surface area (Å²) in [5.41, 5.74) is 0.272. The molecule has 1 aliphatic carbocycles. The van der Waals surface area contributed by atoms with Gasteiger partial charge in [0.25, 0.3) is 5.91 Å². The number of aryl methyl sites for hydroxylation is 1. The number of nitrogens with one attached hydrogen (secondary N) is 1. The van der Waals surface area contributed by atoms with E-state index in [1.807, 2.05) is 48.7 Å². The zero-order valence-corrected chi connectivity index (χ0v) is 18.6. The zero-order chi connectivity index (χ0) is 22.3. The monoisotopic (exact) mass is 435 g/mol. The molecule has 1 saturated carbocycles. The SMILES string of the molecule is Cc1ccc(CN2C(=O)c3ccc(-c4ccco4)n3C[C@@]2(C)C(=O)NC2CCCCC2)o1. The molecule has 1 fully saturated rings. The zero-order valence-electron chi connectivity index (χ0n) is 18.6. The molecule has 0 spiro atoms. The van der Waals surface area contributed by atoms with E-state index in [4.69, 9.17) is 8.83 Å². The van der Waals surface area contributed by atoms with E-state index in [-0.39, 0.29) is 24.4 Å². The Balaban J connectivity index is 1.52. The van der Waals surface area contributed by atoms with Gasteiger partial charge in [0, 0.05) is 6.04 Å². The summed E-state index contributed by atoms with van der Waals surface area (Å²) in [5.74, 6) is 1.81. The molecule has 7 nitrogen and oxygen atoms in total. The normalized spacial score (nSPS) is 21.6. The van der Waals surface area contributed by atoms with Crippen LogP contribution in [0.25, 0.3) is 11.5 Å². The van der Waals surface area contributed by atoms with Gasteiger partial charge in [0.15, 0.2) is 0 Å². The van der Waals surface area contributed by atoms with E-state index >= 15 is 0 Å². The first-order valence-corrected chi connectivity index (χ1v) is 11.4. The number of nitrogens with zero attached hydrogens (tertiary/aromatic N) is 2. The predicted molar refractivity (Wildman–Crippen MR) is 119 cm³/mol. The average molecular weight is 436 g/mol. The maximum atomic E-state index is 13.7. The van der Waals surface area contributed by atoms with Crippen molar-refractivity contribution in [3.63, 3.8) is 0 Å². The largest absolute Gasteiger partial charge is 0.464 e. The molecule has 7 heteroatoms. The van der Waals surface area contributed by atoms with Gasteiger partial charge < -0.3 is 23.6 Å². The van der Waals surface area contributed by atoms with E-state index in [0.717, 1.165) is 37.1 Å². The number of rotatable bonds is 5. The Hall–Kier alpha value is -3.22. The van der Waals surface area contributed by atoms with Crippen LogP contribution in [0.4, 0.5) is 0 Å². The van der Waals surface area contributed by atoms with Crippen molar-refractivity contribution in [3.8, 4) is 11.5 Å². The third kappa shape index (κ3) is 3.55. The quantitative estimate of drug-likeness (QED) is 0.639. The van der Waals surface area contributed by atoms with Crippen molar-refractivity contribution in [1.29, 1.82) is 0 Å². The van der Waals surface area contributed by atoms with Crippen molar-refractivity contribution in [3.05, 3.63) is 59.9 Å². The molecule has 0 unspecified atom stereocenters. The van der Waals surface area contributed by atoms with Crippen molar-refractivity contribution in [2.75, 3.05) is 0 Å². The fourth-order valence-electron chi connectivity index (χ4n) is 4.97. The van der Waals surface area contributed by atoms with Gasteiger partial charge in [0.1, 0.15) is 28.5 Å². The molecule has 1 N–H and O–H groups in total. The summed E-state index contributed by atoms with van der Waals surface area (Å²) in [6, 6.07) is 11.3. The molecular weight excluding hydrogens is 406 g/mol. The fraction of sp³-hybridized carbons (Fsp3) is 0.440. The van der Waals surface area contributed by atoms with Gasteiger partial charge in [-0.05, 0) is 63.1 Å². The topological polar surface area (TPSA) is 80.6 Å². The number of aromatic nitrogens is 1. The standard InChI is InChI=1S/C25H29N3O4/c1-17-10-11-19(32-17)15-28-23(29)21-13-12-20(22-9-6-14-31-22)27(21)16-25(28,2)24(30)26-18-7-4-3-5-8-18/h6,9-14,18H,3-5,7-8,15-16H2,1-2H3,(H,26,30)/t25-/m0/s1. The lowest BCUT2D eigenvalue weighted by molar-refractivity contribution is -0.134. The number of hydrogen-bond acceptors (Lipinski definition) is 4. The molecule has 32 heavy (non-hydrogen) atoms. The lowest BCUT2D eigenvalue weighted by Gasteiger charge is -2.44. The van der Waals surface area contributed by atoms with Crippen LogP contribution in [0.2, 0.25) is 0 Å². The van der Waals surface area contributed by atoms with Crippen molar-refractivity contribution >= 4 is 11.8 Å². The highest BCUT2D eigenvalue weighted by Gasteiger charge is 2.48. The molecule has 0 saturated heterocycles. The predicted octanol–water partition coefficient (Wildman–Crippen LogP) is 4.51. The highest BCUT2D eigenvalue weighted by molar-refractivity contribution is 6.00. The van der Waals surface area contributed by atoms with Gasteiger partial charge >= 0.3 is 0 Å². The number of carbonyl (C=O) groups excluding carboxylic acids is 2. The van der Waals surface area contributed by atoms with Crippen molar-refractivity contribution in [2.24, 2.45) is 0 Å². The Bertz CT molecular complexity index is 1120. The Labute approximate surface area is 187 Å². The van der Waals surface area contributed by atoms with Crippen LogP contribution in [0, 0.1) is 6.92 Å². The Kier molecular flexibility index (Phi) is 5.19. The molecule has 5 rings (SSSR count). The van der Waals surface area contributed by atoms with Gasteiger partial charge in [-0.15, -0.1) is 0 Å². The van der Waals surface area contributed by atoms with Gasteiger partial charge in [0.2, 0.25) is 5.91 Å². The van der Waals surface area contributed by atoms with E-state index in [1.165, 1.54) is 6.42 Å². The van der Waals surface area contributed by atoms with E-state index in [9.17, 15) is 9.59 Å². The summed E-state index contributed by atoms with van der Waals surface area (Å²) in [5, 5.41) is 3.25. The number of hydrogen-bond donors (Lipinski definition) is 1.